The van der Waals surface area contributed by atoms with Crippen molar-refractivity contribution in [1.29, 1.82) is 0 Å². The zero-order chi connectivity index (χ0) is 26.5. The van der Waals surface area contributed by atoms with Crippen LogP contribution in [0, 0.1) is 11.2 Å². The summed E-state index contributed by atoms with van der Waals surface area (Å²) in [5.74, 6) is -2.03. The minimum absolute atomic E-state index is 0.00315. The molecule has 0 saturated heterocycles. The summed E-state index contributed by atoms with van der Waals surface area (Å²) in [5, 5.41) is 0. The van der Waals surface area contributed by atoms with E-state index in [9.17, 15) is 9.59 Å². The molecule has 1 aromatic carbocycles. The summed E-state index contributed by atoms with van der Waals surface area (Å²) in [4.78, 5) is 44.3. The number of halogens is 1. The van der Waals surface area contributed by atoms with Crippen LogP contribution in [0.25, 0.3) is 0 Å². The Balaban J connectivity index is 1.74. The molecule has 0 radical (unpaired) electrons. The van der Waals surface area contributed by atoms with Gasteiger partial charge < -0.3 is 20.1 Å². The smallest absolute Gasteiger partial charge is 0.341 e. The number of carbonyl (C=O) groups excluding carboxylic acids is 3. The number of Topliss-reactive ketones (excluding diaryl/α,β-unsaturated/α-hetero) is 1. The van der Waals surface area contributed by atoms with Crippen LogP contribution in [0.3, 0.4) is 0 Å². The topological polar surface area (TPSA) is 98.9 Å². The van der Waals surface area contributed by atoms with Crippen molar-refractivity contribution in [2.75, 3.05) is 11.5 Å². The fourth-order valence-corrected chi connectivity index (χ4v) is 7.80. The molecule has 1 amide bonds. The lowest BCUT2D eigenvalue weighted by Gasteiger charge is -2.47. The third-order valence-corrected chi connectivity index (χ3v) is 9.03. The Labute approximate surface area is 215 Å². The fraction of sp³-hybridized carbons (Fsp3) is 0.552. The Bertz CT molecular complexity index is 1340. The maximum absolute atomic E-state index is 15.4. The highest BCUT2D eigenvalue weighted by Gasteiger charge is 2.68. The normalized spacial score (nSPS) is 29.1. The van der Waals surface area contributed by atoms with Crippen molar-refractivity contribution < 1.29 is 28.2 Å². The van der Waals surface area contributed by atoms with Crippen molar-refractivity contribution in [1.82, 2.24) is 0 Å². The largest absolute Gasteiger partial charge is 0.462 e. The Morgan fingerprint density at radius 2 is 1.92 bits per heavy atom. The van der Waals surface area contributed by atoms with Crippen LogP contribution in [-0.4, -0.2) is 29.8 Å². The molecule has 37 heavy (non-hydrogen) atoms. The third kappa shape index (κ3) is 3.01. The van der Waals surface area contributed by atoms with Crippen LogP contribution < -0.4 is 10.6 Å². The lowest BCUT2D eigenvalue weighted by Crippen LogP contribution is -2.58. The first-order valence-electron chi connectivity index (χ1n) is 13.3. The Morgan fingerprint density at radius 3 is 2.59 bits per heavy atom. The van der Waals surface area contributed by atoms with Crippen LogP contribution in [0.4, 0.5) is 10.1 Å². The predicted octanol–water partition coefficient (Wildman–Crippen LogP) is 4.64. The molecule has 3 heterocycles. The van der Waals surface area contributed by atoms with Gasteiger partial charge in [0.1, 0.15) is 22.6 Å². The molecule has 6 rings (SSSR count). The molecule has 1 aromatic rings. The molecule has 196 valence electrons. The molecular weight excluding hydrogens is 475 g/mol. The van der Waals surface area contributed by atoms with Crippen LogP contribution in [0.1, 0.15) is 89.7 Å². The van der Waals surface area contributed by atoms with Gasteiger partial charge in [0.05, 0.1) is 17.9 Å². The number of anilines is 1. The summed E-state index contributed by atoms with van der Waals surface area (Å²) in [7, 11) is 0. The van der Waals surface area contributed by atoms with E-state index in [1.54, 1.807) is 11.8 Å². The molecule has 2 aliphatic carbocycles. The number of fused-ring (bicyclic) bond motifs is 3. The van der Waals surface area contributed by atoms with Crippen LogP contribution in [0.15, 0.2) is 34.9 Å². The Hall–Kier alpha value is -3.16. The molecule has 2 atom stereocenters. The van der Waals surface area contributed by atoms with Crippen molar-refractivity contribution in [3.8, 4) is 0 Å². The Morgan fingerprint density at radius 1 is 1.22 bits per heavy atom. The number of hydrogen-bond acceptors (Lipinski definition) is 6. The molecule has 2 spiro atoms. The second-order valence-electron chi connectivity index (χ2n) is 12.1. The van der Waals surface area contributed by atoms with Gasteiger partial charge in [-0.3, -0.25) is 9.59 Å². The van der Waals surface area contributed by atoms with E-state index in [2.05, 4.69) is 6.92 Å². The SMILES string of the molecule is CCOC(=O)C1=C(N)OC2=C(C(=O)CC(C)(C)C2)[C@]12C(=O)N1c3c(cc(F)cc32)[C@H](C)CC12CCCC2. The van der Waals surface area contributed by atoms with Gasteiger partial charge in [-0.15, -0.1) is 0 Å². The monoisotopic (exact) mass is 508 g/mol. The van der Waals surface area contributed by atoms with E-state index < -0.39 is 34.1 Å². The number of ether oxygens (including phenoxy) is 2. The van der Waals surface area contributed by atoms with Gasteiger partial charge in [-0.2, -0.15) is 0 Å². The van der Waals surface area contributed by atoms with E-state index >= 15 is 9.18 Å². The van der Waals surface area contributed by atoms with Crippen LogP contribution in [0.2, 0.25) is 0 Å². The average molecular weight is 509 g/mol. The average Bonchev–Trinajstić information content (AvgIpc) is 3.34. The highest BCUT2D eigenvalue weighted by Crippen LogP contribution is 2.64. The van der Waals surface area contributed by atoms with Gasteiger partial charge in [-0.25, -0.2) is 9.18 Å². The molecule has 3 aliphatic heterocycles. The van der Waals surface area contributed by atoms with E-state index in [1.165, 1.54) is 12.1 Å². The molecule has 1 fully saturated rings. The summed E-state index contributed by atoms with van der Waals surface area (Å²) in [6.45, 7) is 7.65. The van der Waals surface area contributed by atoms with E-state index in [4.69, 9.17) is 15.2 Å². The van der Waals surface area contributed by atoms with Crippen molar-refractivity contribution in [3.63, 3.8) is 0 Å². The van der Waals surface area contributed by atoms with E-state index in [1.807, 2.05) is 13.8 Å². The number of rotatable bonds is 2. The van der Waals surface area contributed by atoms with Gasteiger partial charge in [0.2, 0.25) is 11.8 Å². The van der Waals surface area contributed by atoms with Crippen LogP contribution in [0.5, 0.6) is 0 Å². The van der Waals surface area contributed by atoms with E-state index in [0.717, 1.165) is 31.2 Å². The lowest BCUT2D eigenvalue weighted by atomic mass is 9.61. The predicted molar refractivity (Wildman–Crippen MR) is 134 cm³/mol. The van der Waals surface area contributed by atoms with Gasteiger partial charge >= 0.3 is 5.97 Å². The summed E-state index contributed by atoms with van der Waals surface area (Å²) >= 11 is 0. The fourth-order valence-electron chi connectivity index (χ4n) is 7.80. The maximum Gasteiger partial charge on any atom is 0.341 e. The van der Waals surface area contributed by atoms with Gasteiger partial charge in [-0.1, -0.05) is 33.6 Å². The second-order valence-corrected chi connectivity index (χ2v) is 12.1. The Kier molecular flexibility index (Phi) is 5.02. The second kappa shape index (κ2) is 7.68. The zero-order valence-electron chi connectivity index (χ0n) is 21.8. The summed E-state index contributed by atoms with van der Waals surface area (Å²) in [6.07, 6.45) is 4.80. The summed E-state index contributed by atoms with van der Waals surface area (Å²) in [5.41, 5.74) is 5.18. The maximum atomic E-state index is 15.4. The van der Waals surface area contributed by atoms with Crippen molar-refractivity contribution in [3.05, 3.63) is 51.9 Å². The molecule has 0 unspecified atom stereocenters. The number of nitrogens with two attached hydrogens (primary N) is 1. The number of esters is 1. The number of benzene rings is 1. The van der Waals surface area contributed by atoms with Crippen molar-refractivity contribution >= 4 is 23.3 Å². The first kappa shape index (κ1) is 24.2. The van der Waals surface area contributed by atoms with Crippen LogP contribution in [-0.2, 0) is 29.3 Å². The number of amides is 1. The minimum Gasteiger partial charge on any atom is -0.462 e. The zero-order valence-corrected chi connectivity index (χ0v) is 21.8. The van der Waals surface area contributed by atoms with E-state index in [0.29, 0.717) is 24.1 Å². The minimum atomic E-state index is -1.90. The molecule has 2 N–H and O–H groups in total. The number of carbonyl (C=O) groups is 3. The summed E-state index contributed by atoms with van der Waals surface area (Å²) < 4.78 is 26.7. The molecule has 0 aromatic heterocycles. The molecule has 5 aliphatic rings. The molecule has 8 heteroatoms. The van der Waals surface area contributed by atoms with Crippen molar-refractivity contribution in [2.45, 2.75) is 89.5 Å². The number of ketones is 1. The first-order valence-corrected chi connectivity index (χ1v) is 13.3. The number of allylic oxidation sites excluding steroid dienone is 1. The molecule has 1 saturated carbocycles. The molecule has 7 nitrogen and oxygen atoms in total. The van der Waals surface area contributed by atoms with Gasteiger partial charge in [0, 0.05) is 23.9 Å². The van der Waals surface area contributed by atoms with Crippen molar-refractivity contribution in [2.24, 2.45) is 11.1 Å². The van der Waals surface area contributed by atoms with Gasteiger partial charge in [0.15, 0.2) is 5.78 Å². The van der Waals surface area contributed by atoms with Gasteiger partial charge in [-0.05, 0) is 55.2 Å². The standard InChI is InChI=1S/C29H33FN2O5/c1-5-36-25(34)22-24(31)37-20-14-27(3,4)13-19(33)21(20)29(22)18-11-16(30)10-17-15(2)12-28(8-6-7-9-28)32(23(17)18)26(29)35/h10-11,15H,5-9,12-14,31H2,1-4H3/t15-,29+/m1/s1. The highest BCUT2D eigenvalue weighted by molar-refractivity contribution is 6.24. The molecular formula is C29H33FN2O5. The quantitative estimate of drug-likeness (QED) is 0.585. The summed E-state index contributed by atoms with van der Waals surface area (Å²) in [6, 6.07) is 2.80. The highest BCUT2D eigenvalue weighted by atomic mass is 19.1. The van der Waals surface area contributed by atoms with Gasteiger partial charge in [0.25, 0.3) is 0 Å². The number of nitrogens with zero attached hydrogens (tertiary/aromatic N) is 1. The van der Waals surface area contributed by atoms with E-state index in [-0.39, 0.29) is 47.5 Å². The number of hydrogen-bond donors (Lipinski definition) is 1. The lowest BCUT2D eigenvalue weighted by molar-refractivity contribution is -0.141. The molecule has 0 bridgehead atoms. The van der Waals surface area contributed by atoms with Crippen LogP contribution >= 0.6 is 0 Å². The third-order valence-electron chi connectivity index (χ3n) is 9.03. The first-order chi connectivity index (χ1) is 17.5.